The molecular weight excluding hydrogens is 618 g/mol. The van der Waals surface area contributed by atoms with E-state index in [1.165, 1.54) is 22.5 Å². The molecule has 0 bridgehead atoms. The first-order valence-electron chi connectivity index (χ1n) is 15.0. The van der Waals surface area contributed by atoms with E-state index in [1.807, 2.05) is 115 Å². The van der Waals surface area contributed by atoms with Crippen LogP contribution in [-0.2, 0) is 15.1 Å². The third-order valence-electron chi connectivity index (χ3n) is 8.31. The number of thioether (sulfide) groups is 1. The highest BCUT2D eigenvalue weighted by Crippen LogP contribution is 2.45. The van der Waals surface area contributed by atoms with Gasteiger partial charge in [-0.2, -0.15) is 0 Å². The first-order valence-corrected chi connectivity index (χ1v) is 15.9. The van der Waals surface area contributed by atoms with Gasteiger partial charge < -0.3 is 14.2 Å². The number of rotatable bonds is 11. The Bertz CT molecular complexity index is 1890. The molecule has 4 aromatic carbocycles. The van der Waals surface area contributed by atoms with Crippen LogP contribution >= 0.6 is 11.8 Å². The molecule has 10 nitrogen and oxygen atoms in total. The highest BCUT2D eigenvalue weighted by atomic mass is 32.2. The third kappa shape index (κ3) is 6.37. The monoisotopic (exact) mass is 651 g/mol. The number of aromatic nitrogens is 2. The second-order valence-corrected chi connectivity index (χ2v) is 12.4. The Balaban J connectivity index is 1.46. The summed E-state index contributed by atoms with van der Waals surface area (Å²) in [7, 11) is 1.60. The fraction of sp³-hybridized carbons (Fsp3) is 0.222. The van der Waals surface area contributed by atoms with Gasteiger partial charge in [-0.15, -0.1) is 11.8 Å². The summed E-state index contributed by atoms with van der Waals surface area (Å²) in [4.78, 5) is 40.9. The predicted molar refractivity (Wildman–Crippen MR) is 179 cm³/mol. The molecule has 0 amide bonds. The largest absolute Gasteiger partial charge is 0.497 e. The van der Waals surface area contributed by atoms with Crippen molar-refractivity contribution < 1.29 is 19.1 Å². The van der Waals surface area contributed by atoms with Crippen molar-refractivity contribution in [2.24, 2.45) is 0 Å². The molecule has 0 radical (unpaired) electrons. The molecule has 4 atom stereocenters. The summed E-state index contributed by atoms with van der Waals surface area (Å²) < 4.78 is 20.1. The number of hydrogen-bond acceptors (Lipinski definition) is 8. The van der Waals surface area contributed by atoms with Crippen LogP contribution in [0.15, 0.2) is 136 Å². The average Bonchev–Trinajstić information content (AvgIpc) is 3.46. The van der Waals surface area contributed by atoms with E-state index in [-0.39, 0.29) is 17.1 Å². The summed E-state index contributed by atoms with van der Waals surface area (Å²) in [5, 5.41) is 12.1. The van der Waals surface area contributed by atoms with E-state index in [4.69, 9.17) is 14.2 Å². The van der Waals surface area contributed by atoms with E-state index in [1.54, 1.807) is 14.0 Å². The van der Waals surface area contributed by atoms with Gasteiger partial charge >= 0.3 is 5.69 Å². The van der Waals surface area contributed by atoms with Gasteiger partial charge in [0.25, 0.3) is 11.6 Å². The number of ether oxygens (including phenoxy) is 3. The Kier molecular flexibility index (Phi) is 9.39. The summed E-state index contributed by atoms with van der Waals surface area (Å²) in [5.74, 6) is 0.668. The van der Waals surface area contributed by atoms with Gasteiger partial charge in [0.05, 0.1) is 13.7 Å². The number of benzene rings is 4. The van der Waals surface area contributed by atoms with Crippen molar-refractivity contribution in [3.63, 3.8) is 0 Å². The maximum absolute atomic E-state index is 13.1. The third-order valence-corrected chi connectivity index (χ3v) is 9.64. The zero-order valence-electron chi connectivity index (χ0n) is 25.7. The van der Waals surface area contributed by atoms with Crippen molar-refractivity contribution in [3.8, 4) is 5.75 Å². The first kappa shape index (κ1) is 32.0. The summed E-state index contributed by atoms with van der Waals surface area (Å²) in [6.07, 6.45) is -0.753. The maximum Gasteiger partial charge on any atom is 0.330 e. The molecule has 11 heteroatoms. The number of nitro groups is 1. The van der Waals surface area contributed by atoms with Crippen LogP contribution in [0.3, 0.4) is 0 Å². The lowest BCUT2D eigenvalue weighted by Gasteiger charge is -2.36. The molecular formula is C36H33N3O7S. The average molecular weight is 652 g/mol. The molecule has 1 fully saturated rings. The van der Waals surface area contributed by atoms with Crippen molar-refractivity contribution in [2.45, 2.75) is 41.0 Å². The molecule has 6 rings (SSSR count). The summed E-state index contributed by atoms with van der Waals surface area (Å²) >= 11 is 1.25. The van der Waals surface area contributed by atoms with Crippen LogP contribution in [0, 0.1) is 17.0 Å². The van der Waals surface area contributed by atoms with Gasteiger partial charge in [0, 0.05) is 21.6 Å². The Morgan fingerprint density at radius 1 is 0.872 bits per heavy atom. The number of nitrogens with zero attached hydrogens (tertiary/aromatic N) is 2. The highest BCUT2D eigenvalue weighted by molar-refractivity contribution is 8.00. The number of hydrogen-bond donors (Lipinski definition) is 1. The van der Waals surface area contributed by atoms with E-state index >= 15 is 0 Å². The molecule has 1 aliphatic rings. The lowest BCUT2D eigenvalue weighted by Crippen LogP contribution is -2.43. The molecule has 1 aliphatic heterocycles. The minimum Gasteiger partial charge on any atom is -0.497 e. The molecule has 5 aromatic rings. The number of aromatic amines is 1. The minimum atomic E-state index is -1.27. The van der Waals surface area contributed by atoms with Crippen molar-refractivity contribution in [1.29, 1.82) is 0 Å². The highest BCUT2D eigenvalue weighted by Gasteiger charge is 2.55. The molecule has 1 aromatic heterocycles. The van der Waals surface area contributed by atoms with Gasteiger partial charge in [-0.3, -0.25) is 24.5 Å². The fourth-order valence-electron chi connectivity index (χ4n) is 6.02. The van der Waals surface area contributed by atoms with Gasteiger partial charge in [-0.05, 0) is 47.9 Å². The Morgan fingerprint density at radius 3 is 1.98 bits per heavy atom. The van der Waals surface area contributed by atoms with Crippen LogP contribution in [0.2, 0.25) is 0 Å². The Labute approximate surface area is 275 Å². The molecule has 2 heterocycles. The fourth-order valence-corrected chi connectivity index (χ4v) is 7.38. The van der Waals surface area contributed by atoms with Crippen molar-refractivity contribution in [2.75, 3.05) is 13.7 Å². The standard InChI is InChI=1S/C36H33N3O7S/c1-24-22-38(35(41)37-33(24)40)34-32(47-29-16-10-5-11-17-29)31(39(42)43)30(46-34)23-45-36(25-12-6-3-7-13-25,26-14-8-4-9-15-26)27-18-20-28(44-2)21-19-27/h3-22,30-32,34H,23H2,1-2H3,(H,37,40,41)/t30-,31-,32-,34-/m1/s1. The summed E-state index contributed by atoms with van der Waals surface area (Å²) in [6, 6.07) is 34.8. The second kappa shape index (κ2) is 13.8. The predicted octanol–water partition coefficient (Wildman–Crippen LogP) is 5.57. The minimum absolute atomic E-state index is 0.194. The molecule has 0 spiro atoms. The van der Waals surface area contributed by atoms with Crippen molar-refractivity contribution in [1.82, 2.24) is 9.55 Å². The SMILES string of the molecule is COc1ccc(C(OC[C@H]2O[C@@H](n3cc(C)c(=O)[nH]c3=O)[C@H](Sc3ccccc3)[C@@H]2[N+](=O)[O-])(c2ccccc2)c2ccccc2)cc1. The quantitative estimate of drug-likeness (QED) is 0.112. The van der Waals surface area contributed by atoms with Gasteiger partial charge in [0.1, 0.15) is 16.6 Å². The van der Waals surface area contributed by atoms with E-state index in [0.29, 0.717) is 5.75 Å². The normalized spacial score (nSPS) is 19.4. The van der Waals surface area contributed by atoms with Crippen molar-refractivity contribution in [3.05, 3.63) is 175 Å². The van der Waals surface area contributed by atoms with Gasteiger partial charge in [0.2, 0.25) is 0 Å². The zero-order chi connectivity index (χ0) is 33.0. The van der Waals surface area contributed by atoms with Crippen LogP contribution in [0.5, 0.6) is 5.75 Å². The Hall–Kier alpha value is -4.97. The zero-order valence-corrected chi connectivity index (χ0v) is 26.5. The second-order valence-electron chi connectivity index (χ2n) is 11.2. The first-order chi connectivity index (χ1) is 22.8. The molecule has 1 saturated heterocycles. The molecule has 47 heavy (non-hydrogen) atoms. The Morgan fingerprint density at radius 2 is 1.43 bits per heavy atom. The van der Waals surface area contributed by atoms with Crippen molar-refractivity contribution >= 4 is 11.8 Å². The maximum atomic E-state index is 13.1. The van der Waals surface area contributed by atoms with E-state index in [9.17, 15) is 19.7 Å². The van der Waals surface area contributed by atoms with Gasteiger partial charge in [-0.1, -0.05) is 91.0 Å². The number of aryl methyl sites for hydroxylation is 1. The van der Waals surface area contributed by atoms with Crippen LogP contribution in [0.1, 0.15) is 28.5 Å². The van der Waals surface area contributed by atoms with E-state index in [2.05, 4.69) is 4.98 Å². The van der Waals surface area contributed by atoms with E-state index in [0.717, 1.165) is 21.6 Å². The number of nitrogens with one attached hydrogen (secondary N) is 1. The molecule has 1 N–H and O–H groups in total. The number of H-pyrrole nitrogens is 1. The molecule has 0 aliphatic carbocycles. The molecule has 0 saturated carbocycles. The summed E-state index contributed by atoms with van der Waals surface area (Å²) in [6.45, 7) is 1.37. The summed E-state index contributed by atoms with van der Waals surface area (Å²) in [5.41, 5.74) is 0.250. The lowest BCUT2D eigenvalue weighted by molar-refractivity contribution is -0.526. The van der Waals surface area contributed by atoms with E-state index < -0.39 is 40.5 Å². The lowest BCUT2D eigenvalue weighted by atomic mass is 9.80. The van der Waals surface area contributed by atoms with Crippen LogP contribution in [0.4, 0.5) is 0 Å². The number of methoxy groups -OCH3 is 1. The van der Waals surface area contributed by atoms with Crippen LogP contribution in [0.25, 0.3) is 0 Å². The molecule has 0 unspecified atom stereocenters. The molecule has 240 valence electrons. The van der Waals surface area contributed by atoms with Gasteiger partial charge in [-0.25, -0.2) is 4.79 Å². The smallest absolute Gasteiger partial charge is 0.330 e. The van der Waals surface area contributed by atoms with Gasteiger partial charge in [0.15, 0.2) is 12.3 Å². The topological polar surface area (TPSA) is 126 Å². The van der Waals surface area contributed by atoms with Crippen LogP contribution < -0.4 is 16.0 Å². The van der Waals surface area contributed by atoms with Crippen LogP contribution in [-0.4, -0.2) is 45.6 Å².